The van der Waals surface area contributed by atoms with E-state index in [-0.39, 0.29) is 30.4 Å². The van der Waals surface area contributed by atoms with Gasteiger partial charge in [-0.15, -0.1) is 0 Å². The van der Waals surface area contributed by atoms with E-state index in [4.69, 9.17) is 9.57 Å². The topological polar surface area (TPSA) is 115 Å². The van der Waals surface area contributed by atoms with E-state index in [1.165, 1.54) is 6.42 Å². The van der Waals surface area contributed by atoms with Gasteiger partial charge in [-0.3, -0.25) is 14.4 Å². The molecule has 1 aliphatic heterocycles. The van der Waals surface area contributed by atoms with Gasteiger partial charge in [0, 0.05) is 68.1 Å². The average molecular weight is 664 g/mol. The van der Waals surface area contributed by atoms with E-state index in [1.54, 1.807) is 26.1 Å². The Hall–Kier alpha value is -3.18. The van der Waals surface area contributed by atoms with E-state index in [9.17, 15) is 14.7 Å². The number of carbonyl (C=O) groups is 2. The molecule has 1 saturated heterocycles. The summed E-state index contributed by atoms with van der Waals surface area (Å²) in [7, 11) is 7.14. The number of fused-ring (bicyclic) bond motifs is 2. The quantitative estimate of drug-likeness (QED) is 0.264. The Labute approximate surface area is 286 Å². The van der Waals surface area contributed by atoms with Gasteiger partial charge >= 0.3 is 0 Å². The average Bonchev–Trinajstić information content (AvgIpc) is 3.41. The Morgan fingerprint density at radius 1 is 1.15 bits per heavy atom. The number of methoxy groups -OCH3 is 1. The van der Waals surface area contributed by atoms with Crippen molar-refractivity contribution in [3.63, 3.8) is 0 Å². The molecular formula is C38H57N5O5. The molecule has 2 amide bonds. The first-order chi connectivity index (χ1) is 22.7. The minimum atomic E-state index is -0.772. The number of nitrogens with zero attached hydrogens (tertiary/aromatic N) is 2. The highest BCUT2D eigenvalue weighted by Crippen LogP contribution is 2.61. The second-order valence-electron chi connectivity index (χ2n) is 15.4. The molecule has 8 atom stereocenters. The molecule has 6 rings (SSSR count). The second-order valence-corrected chi connectivity index (χ2v) is 15.4. The van der Waals surface area contributed by atoms with E-state index in [0.29, 0.717) is 41.0 Å². The van der Waals surface area contributed by atoms with Gasteiger partial charge in [-0.1, -0.05) is 52.8 Å². The SMILES string of the molecule is CNC(=O)c1cc(-c2cccc(CN3O[C@@H](CNC(C)C)[C@@H]([C@H](C)O)[C@H]3C(=O)N[C@H]3C[C@H]4C[C@@H]([C@@H]3C)C4(C)C)c2OC)cc(N(C)C)c1. The van der Waals surface area contributed by atoms with Crippen LogP contribution >= 0.6 is 0 Å². The first-order valence-corrected chi connectivity index (χ1v) is 17.5. The Morgan fingerprint density at radius 2 is 1.88 bits per heavy atom. The molecule has 1 heterocycles. The third-order valence-electron chi connectivity index (χ3n) is 11.5. The summed E-state index contributed by atoms with van der Waals surface area (Å²) >= 11 is 0. The van der Waals surface area contributed by atoms with Gasteiger partial charge in [0.2, 0.25) is 5.91 Å². The highest BCUT2D eigenvalue weighted by Gasteiger charge is 2.57. The van der Waals surface area contributed by atoms with Crippen LogP contribution in [0.2, 0.25) is 0 Å². The number of amides is 2. The standard InChI is InChI=1S/C38H57N5O5/c1-21(2)40-19-32-33(23(4)44)34(37(46)41-31-18-27-17-30(22(31)3)38(27,5)6)43(48-32)20-24-12-11-13-29(35(24)47-10)25-14-26(36(45)39-7)16-28(15-25)42(8)9/h11-16,21-23,27,30-34,40,44H,17-20H2,1-10H3,(H,39,45)(H,41,46)/t22-,23-,27+,30-,31-,32-,33+,34-/m0/s1. The Balaban J connectivity index is 1.49. The lowest BCUT2D eigenvalue weighted by molar-refractivity contribution is -0.177. The molecule has 48 heavy (non-hydrogen) atoms. The van der Waals surface area contributed by atoms with Gasteiger partial charge in [-0.2, -0.15) is 5.06 Å². The molecule has 10 nitrogen and oxygen atoms in total. The van der Waals surface area contributed by atoms with E-state index >= 15 is 0 Å². The van der Waals surface area contributed by atoms with E-state index in [1.807, 2.05) is 55.4 Å². The maximum atomic E-state index is 14.4. The molecule has 2 aromatic rings. The van der Waals surface area contributed by atoms with Gasteiger partial charge in [0.1, 0.15) is 11.8 Å². The molecule has 0 aromatic heterocycles. The monoisotopic (exact) mass is 663 g/mol. The van der Waals surface area contributed by atoms with Crippen molar-refractivity contribution in [2.45, 2.75) is 91.3 Å². The van der Waals surface area contributed by atoms with Gasteiger partial charge in [0.25, 0.3) is 5.91 Å². The van der Waals surface area contributed by atoms with Crippen LogP contribution in [0.3, 0.4) is 0 Å². The smallest absolute Gasteiger partial charge is 0.251 e. The summed E-state index contributed by atoms with van der Waals surface area (Å²) in [4.78, 5) is 35.6. The van der Waals surface area contributed by atoms with Crippen molar-refractivity contribution < 1.29 is 24.3 Å². The van der Waals surface area contributed by atoms with Crippen LogP contribution in [0.25, 0.3) is 11.1 Å². The minimum absolute atomic E-state index is 0.0926. The number of aliphatic hydroxyl groups excluding tert-OH is 1. The highest BCUT2D eigenvalue weighted by molar-refractivity contribution is 5.97. The maximum absolute atomic E-state index is 14.4. The molecule has 0 radical (unpaired) electrons. The van der Waals surface area contributed by atoms with Crippen LogP contribution in [0.15, 0.2) is 36.4 Å². The second kappa shape index (κ2) is 14.4. The summed E-state index contributed by atoms with van der Waals surface area (Å²) in [6.45, 7) is 13.7. The van der Waals surface area contributed by atoms with Crippen molar-refractivity contribution in [3.8, 4) is 16.9 Å². The number of aliphatic hydroxyl groups is 1. The molecular weight excluding hydrogens is 606 g/mol. The van der Waals surface area contributed by atoms with Gasteiger partial charge < -0.3 is 30.7 Å². The zero-order valence-electron chi connectivity index (χ0n) is 30.5. The third-order valence-corrected chi connectivity index (χ3v) is 11.5. The third kappa shape index (κ3) is 6.95. The van der Waals surface area contributed by atoms with Crippen molar-refractivity contribution in [2.75, 3.05) is 39.7 Å². The van der Waals surface area contributed by atoms with Crippen LogP contribution in [-0.2, 0) is 16.2 Å². The zero-order valence-corrected chi connectivity index (χ0v) is 30.5. The molecule has 3 aliphatic carbocycles. The van der Waals surface area contributed by atoms with Crippen LogP contribution < -0.4 is 25.6 Å². The molecule has 0 spiro atoms. The van der Waals surface area contributed by atoms with Gasteiger partial charge in [0.15, 0.2) is 0 Å². The molecule has 4 aliphatic rings. The van der Waals surface area contributed by atoms with Crippen molar-refractivity contribution in [1.82, 2.24) is 21.0 Å². The predicted octanol–water partition coefficient (Wildman–Crippen LogP) is 4.45. The molecule has 264 valence electrons. The zero-order chi connectivity index (χ0) is 35.1. The molecule has 10 heteroatoms. The molecule has 0 unspecified atom stereocenters. The fourth-order valence-electron chi connectivity index (χ4n) is 8.50. The molecule has 4 N–H and O–H groups in total. The van der Waals surface area contributed by atoms with E-state index < -0.39 is 24.2 Å². The minimum Gasteiger partial charge on any atom is -0.496 e. The van der Waals surface area contributed by atoms with Crippen molar-refractivity contribution in [2.24, 2.45) is 29.1 Å². The largest absolute Gasteiger partial charge is 0.496 e. The van der Waals surface area contributed by atoms with Crippen LogP contribution in [0.5, 0.6) is 5.75 Å². The number of hydrogen-bond acceptors (Lipinski definition) is 8. The number of benzene rings is 2. The summed E-state index contributed by atoms with van der Waals surface area (Å²) in [5.41, 5.74) is 4.24. The predicted molar refractivity (Wildman–Crippen MR) is 190 cm³/mol. The summed E-state index contributed by atoms with van der Waals surface area (Å²) < 4.78 is 6.06. The van der Waals surface area contributed by atoms with Gasteiger partial charge in [-0.05, 0) is 66.7 Å². The summed E-state index contributed by atoms with van der Waals surface area (Å²) in [5.74, 6) is 1.50. The number of ether oxygens (including phenoxy) is 1. The van der Waals surface area contributed by atoms with Crippen LogP contribution in [0.1, 0.15) is 70.3 Å². The molecule has 2 aromatic carbocycles. The number of nitrogens with one attached hydrogen (secondary N) is 3. The number of hydroxylamine groups is 2. The number of carbonyl (C=O) groups excluding carboxylic acids is 2. The molecule has 2 bridgehead atoms. The Kier molecular flexibility index (Phi) is 10.8. The van der Waals surface area contributed by atoms with Crippen LogP contribution in [0, 0.1) is 29.1 Å². The summed E-state index contributed by atoms with van der Waals surface area (Å²) in [6, 6.07) is 11.3. The number of anilines is 1. The number of rotatable bonds is 12. The van der Waals surface area contributed by atoms with Crippen LogP contribution in [-0.4, -0.2) is 87.1 Å². The normalized spacial score (nSPS) is 28.5. The number of hydrogen-bond donors (Lipinski definition) is 4. The van der Waals surface area contributed by atoms with Gasteiger partial charge in [0.05, 0.1) is 25.9 Å². The fourth-order valence-corrected chi connectivity index (χ4v) is 8.50. The fraction of sp³-hybridized carbons (Fsp3) is 0.632. The van der Waals surface area contributed by atoms with Crippen LogP contribution in [0.4, 0.5) is 5.69 Å². The lowest BCUT2D eigenvalue weighted by Gasteiger charge is -2.62. The number of para-hydroxylation sites is 1. The van der Waals surface area contributed by atoms with Crippen molar-refractivity contribution in [3.05, 3.63) is 47.5 Å². The summed E-state index contributed by atoms with van der Waals surface area (Å²) in [5, 5.41) is 22.5. The Bertz CT molecular complexity index is 1480. The van der Waals surface area contributed by atoms with E-state index in [0.717, 1.165) is 28.8 Å². The first kappa shape index (κ1) is 36.1. The Morgan fingerprint density at radius 3 is 2.46 bits per heavy atom. The first-order valence-electron chi connectivity index (χ1n) is 17.5. The van der Waals surface area contributed by atoms with Gasteiger partial charge in [-0.25, -0.2) is 0 Å². The van der Waals surface area contributed by atoms with Crippen molar-refractivity contribution >= 4 is 17.5 Å². The lowest BCUT2D eigenvalue weighted by atomic mass is 9.45. The molecule has 4 fully saturated rings. The highest BCUT2D eigenvalue weighted by atomic mass is 16.7. The summed E-state index contributed by atoms with van der Waals surface area (Å²) in [6.07, 6.45) is 1.03. The lowest BCUT2D eigenvalue weighted by Crippen LogP contribution is -2.62. The molecule has 3 saturated carbocycles. The van der Waals surface area contributed by atoms with E-state index in [2.05, 4.69) is 50.6 Å². The van der Waals surface area contributed by atoms with Crippen molar-refractivity contribution in [1.29, 1.82) is 0 Å². The maximum Gasteiger partial charge on any atom is 0.251 e.